The van der Waals surface area contributed by atoms with Crippen molar-refractivity contribution < 1.29 is 0 Å². The van der Waals surface area contributed by atoms with E-state index in [0.29, 0.717) is 5.16 Å². The Morgan fingerprint density at radius 3 is 2.38 bits per heavy atom. The van der Waals surface area contributed by atoms with Gasteiger partial charge in [0.15, 0.2) is 11.0 Å². The summed E-state index contributed by atoms with van der Waals surface area (Å²) >= 11 is 7.40. The first-order chi connectivity index (χ1) is 6.25. The lowest BCUT2D eigenvalue weighted by atomic mass is 10.2. The van der Waals surface area contributed by atoms with E-state index in [1.807, 2.05) is 24.3 Å². The van der Waals surface area contributed by atoms with Crippen LogP contribution in [0.2, 0.25) is 0 Å². The Balaban J connectivity index is 2.41. The summed E-state index contributed by atoms with van der Waals surface area (Å²) in [5.41, 5.74) is 0.996. The van der Waals surface area contributed by atoms with E-state index in [1.54, 1.807) is 0 Å². The van der Waals surface area contributed by atoms with Crippen molar-refractivity contribution in [2.75, 3.05) is 0 Å². The van der Waals surface area contributed by atoms with Crippen LogP contribution in [0.25, 0.3) is 11.4 Å². The predicted molar refractivity (Wildman–Crippen MR) is 56.8 cm³/mol. The van der Waals surface area contributed by atoms with Crippen LogP contribution in [-0.4, -0.2) is 15.2 Å². The first-order valence-corrected chi connectivity index (χ1v) is 4.87. The van der Waals surface area contributed by atoms with Gasteiger partial charge in [0.2, 0.25) is 0 Å². The molecular formula is C8H6BrN3S. The number of hydrogen-bond acceptors (Lipinski definition) is 3. The molecule has 13 heavy (non-hydrogen) atoms. The van der Waals surface area contributed by atoms with E-state index in [1.165, 1.54) is 0 Å². The number of benzene rings is 1. The molecule has 3 nitrogen and oxygen atoms in total. The van der Waals surface area contributed by atoms with Gasteiger partial charge >= 0.3 is 0 Å². The van der Waals surface area contributed by atoms with Crippen LogP contribution >= 0.6 is 28.6 Å². The third kappa shape index (κ3) is 1.92. The van der Waals surface area contributed by atoms with Crippen molar-refractivity contribution in [1.29, 1.82) is 0 Å². The second-order valence-corrected chi connectivity index (χ2v) is 3.84. The maximum Gasteiger partial charge on any atom is 0.185 e. The number of nitrogens with zero attached hydrogens (tertiary/aromatic N) is 2. The van der Waals surface area contributed by atoms with Crippen molar-refractivity contribution in [2.24, 2.45) is 0 Å². The Morgan fingerprint density at radius 1 is 1.15 bits per heavy atom. The largest absolute Gasteiger partial charge is 0.316 e. The summed E-state index contributed by atoms with van der Waals surface area (Å²) in [5, 5.41) is 8.21. The van der Waals surface area contributed by atoms with Crippen LogP contribution in [-0.2, 0) is 0 Å². The Morgan fingerprint density at radius 2 is 1.85 bits per heavy atom. The molecule has 1 aromatic carbocycles. The summed E-state index contributed by atoms with van der Waals surface area (Å²) in [5.74, 6) is 0.734. The van der Waals surface area contributed by atoms with Crippen LogP contribution in [0, 0.1) is 0 Å². The quantitative estimate of drug-likeness (QED) is 0.770. The van der Waals surface area contributed by atoms with Gasteiger partial charge in [-0.1, -0.05) is 28.1 Å². The summed E-state index contributed by atoms with van der Waals surface area (Å²) in [4.78, 5) is 2.94. The minimum absolute atomic E-state index is 0.526. The molecular weight excluding hydrogens is 250 g/mol. The first kappa shape index (κ1) is 8.77. The van der Waals surface area contributed by atoms with E-state index in [9.17, 15) is 0 Å². The molecule has 0 aliphatic carbocycles. The van der Waals surface area contributed by atoms with Crippen molar-refractivity contribution in [1.82, 2.24) is 15.2 Å². The fourth-order valence-corrected chi connectivity index (χ4v) is 1.41. The number of thiol groups is 1. The van der Waals surface area contributed by atoms with Gasteiger partial charge in [-0.05, 0) is 12.1 Å². The van der Waals surface area contributed by atoms with Crippen LogP contribution in [0.15, 0.2) is 33.9 Å². The van der Waals surface area contributed by atoms with Crippen LogP contribution in [0.1, 0.15) is 0 Å². The van der Waals surface area contributed by atoms with Crippen molar-refractivity contribution >= 4 is 28.6 Å². The highest BCUT2D eigenvalue weighted by molar-refractivity contribution is 9.10. The van der Waals surface area contributed by atoms with Crippen molar-refractivity contribution in [2.45, 2.75) is 5.16 Å². The van der Waals surface area contributed by atoms with Crippen molar-refractivity contribution in [3.8, 4) is 11.4 Å². The van der Waals surface area contributed by atoms with Crippen molar-refractivity contribution in [3.05, 3.63) is 28.7 Å². The summed E-state index contributed by atoms with van der Waals surface area (Å²) < 4.78 is 1.04. The molecule has 1 N–H and O–H groups in total. The zero-order chi connectivity index (χ0) is 9.26. The molecule has 2 aromatic rings. The SMILES string of the molecule is Sc1nnc(-c2ccc(Br)cc2)[nH]1. The number of hydrogen-bond donors (Lipinski definition) is 2. The molecule has 0 saturated carbocycles. The number of aromatic amines is 1. The van der Waals surface area contributed by atoms with E-state index in [4.69, 9.17) is 0 Å². The second-order valence-electron chi connectivity index (χ2n) is 2.50. The normalized spacial score (nSPS) is 10.3. The van der Waals surface area contributed by atoms with E-state index in [0.717, 1.165) is 15.9 Å². The van der Waals surface area contributed by atoms with Crippen LogP contribution in [0.3, 0.4) is 0 Å². The third-order valence-corrected chi connectivity index (χ3v) is 2.32. The molecule has 0 aliphatic rings. The smallest absolute Gasteiger partial charge is 0.185 e. The average Bonchev–Trinajstić information content (AvgIpc) is 2.53. The fraction of sp³-hybridized carbons (Fsp3) is 0. The van der Waals surface area contributed by atoms with Gasteiger partial charge in [0.1, 0.15) is 0 Å². The molecule has 0 radical (unpaired) electrons. The number of H-pyrrole nitrogens is 1. The Kier molecular flexibility index (Phi) is 2.37. The number of nitrogens with one attached hydrogen (secondary N) is 1. The first-order valence-electron chi connectivity index (χ1n) is 3.63. The molecule has 0 atom stereocenters. The van der Waals surface area contributed by atoms with E-state index >= 15 is 0 Å². The zero-order valence-corrected chi connectivity index (χ0v) is 9.01. The second kappa shape index (κ2) is 3.51. The van der Waals surface area contributed by atoms with Crippen LogP contribution < -0.4 is 0 Å². The van der Waals surface area contributed by atoms with E-state index in [-0.39, 0.29) is 0 Å². The van der Waals surface area contributed by atoms with Gasteiger partial charge in [0, 0.05) is 10.0 Å². The van der Waals surface area contributed by atoms with Gasteiger partial charge in [-0.15, -0.1) is 22.8 Å². The highest BCUT2D eigenvalue weighted by atomic mass is 79.9. The molecule has 0 aliphatic heterocycles. The standard InChI is InChI=1S/C8H6BrN3S/c9-6-3-1-5(2-4-6)7-10-8(13)12-11-7/h1-4H,(H2,10,11,12,13). The van der Waals surface area contributed by atoms with Gasteiger partial charge in [-0.2, -0.15) is 0 Å². The number of halogens is 1. The maximum absolute atomic E-state index is 4.04. The molecule has 0 unspecified atom stereocenters. The molecule has 2 rings (SSSR count). The molecule has 0 spiro atoms. The molecule has 0 bridgehead atoms. The minimum atomic E-state index is 0.526. The molecule has 0 fully saturated rings. The summed E-state index contributed by atoms with van der Waals surface area (Å²) in [7, 11) is 0. The Bertz CT molecular complexity index is 410. The molecule has 0 saturated heterocycles. The van der Waals surface area contributed by atoms with Gasteiger partial charge in [-0.3, -0.25) is 0 Å². The topological polar surface area (TPSA) is 41.6 Å². The molecule has 1 aromatic heterocycles. The van der Waals surface area contributed by atoms with E-state index in [2.05, 4.69) is 43.7 Å². The lowest BCUT2D eigenvalue weighted by Gasteiger charge is -1.94. The van der Waals surface area contributed by atoms with E-state index < -0.39 is 0 Å². The lowest BCUT2D eigenvalue weighted by molar-refractivity contribution is 0.980. The van der Waals surface area contributed by atoms with Gasteiger partial charge < -0.3 is 4.98 Å². The Labute approximate surface area is 89.1 Å². The van der Waals surface area contributed by atoms with Gasteiger partial charge in [-0.25, -0.2) is 0 Å². The number of rotatable bonds is 1. The highest BCUT2D eigenvalue weighted by Crippen LogP contribution is 2.18. The predicted octanol–water partition coefficient (Wildman–Crippen LogP) is 2.52. The monoisotopic (exact) mass is 255 g/mol. The molecule has 66 valence electrons. The molecule has 1 heterocycles. The maximum atomic E-state index is 4.04. The molecule has 5 heteroatoms. The summed E-state index contributed by atoms with van der Waals surface area (Å²) in [6, 6.07) is 7.82. The Hall–Kier alpha value is -0.810. The van der Waals surface area contributed by atoms with Gasteiger partial charge in [0.05, 0.1) is 0 Å². The fourth-order valence-electron chi connectivity index (χ4n) is 0.991. The minimum Gasteiger partial charge on any atom is -0.316 e. The van der Waals surface area contributed by atoms with Crippen molar-refractivity contribution in [3.63, 3.8) is 0 Å². The third-order valence-electron chi connectivity index (χ3n) is 1.59. The summed E-state index contributed by atoms with van der Waals surface area (Å²) in [6.07, 6.45) is 0. The van der Waals surface area contributed by atoms with Crippen LogP contribution in [0.5, 0.6) is 0 Å². The molecule has 0 amide bonds. The van der Waals surface area contributed by atoms with Crippen LogP contribution in [0.4, 0.5) is 0 Å². The average molecular weight is 256 g/mol. The highest BCUT2D eigenvalue weighted by Gasteiger charge is 2.01. The number of aromatic nitrogens is 3. The zero-order valence-electron chi connectivity index (χ0n) is 6.53. The van der Waals surface area contributed by atoms with Gasteiger partial charge in [0.25, 0.3) is 0 Å². The summed E-state index contributed by atoms with van der Waals surface area (Å²) in [6.45, 7) is 0. The lowest BCUT2D eigenvalue weighted by Crippen LogP contribution is -1.79.